The summed E-state index contributed by atoms with van der Waals surface area (Å²) in [5.74, 6) is -0.319. The first-order chi connectivity index (χ1) is 9.32. The van der Waals surface area contributed by atoms with Crippen LogP contribution in [0.5, 0.6) is 0 Å². The minimum Gasteiger partial charge on any atom is -0.468 e. The maximum Gasteiger partial charge on any atom is 0.344 e. The number of hydrogen-bond acceptors (Lipinski definition) is 7. The lowest BCUT2D eigenvalue weighted by Gasteiger charge is -2.38. The normalized spacial score (nSPS) is 34.0. The second-order valence-electron chi connectivity index (χ2n) is 4.94. The first kappa shape index (κ1) is 15.0. The van der Waals surface area contributed by atoms with Gasteiger partial charge in [-0.1, -0.05) is 0 Å². The van der Waals surface area contributed by atoms with Gasteiger partial charge in [-0.15, -0.1) is 0 Å². The predicted octanol–water partition coefficient (Wildman–Crippen LogP) is -0.119. The first-order valence-corrected chi connectivity index (χ1v) is 6.28. The van der Waals surface area contributed by atoms with Gasteiger partial charge in [-0.3, -0.25) is 0 Å². The van der Waals surface area contributed by atoms with Gasteiger partial charge < -0.3 is 29.2 Å². The lowest BCUT2D eigenvalue weighted by molar-refractivity contribution is -0.276. The summed E-state index contributed by atoms with van der Waals surface area (Å²) in [4.78, 5) is 12.0. The molecule has 20 heavy (non-hydrogen) atoms. The van der Waals surface area contributed by atoms with Crippen LogP contribution in [0.25, 0.3) is 0 Å². The monoisotopic (exact) mass is 288 g/mol. The molecule has 2 heterocycles. The van der Waals surface area contributed by atoms with E-state index < -0.39 is 36.7 Å². The third-order valence-corrected chi connectivity index (χ3v) is 3.39. The number of furan rings is 1. The van der Waals surface area contributed by atoms with E-state index in [1.165, 1.54) is 13.2 Å². The molecule has 112 valence electrons. The number of aliphatic hydroxyl groups is 3. The van der Waals surface area contributed by atoms with E-state index in [4.69, 9.17) is 13.9 Å². The Bertz CT molecular complexity index is 475. The molecule has 0 bridgehead atoms. The molecular formula is C13H18O7. The van der Waals surface area contributed by atoms with Crippen LogP contribution < -0.4 is 0 Å². The van der Waals surface area contributed by atoms with Gasteiger partial charge in [0, 0.05) is 5.56 Å². The van der Waals surface area contributed by atoms with E-state index >= 15 is 0 Å². The summed E-state index contributed by atoms with van der Waals surface area (Å²) in [5.41, 5.74) is 0.862. The van der Waals surface area contributed by atoms with Crippen LogP contribution in [0.1, 0.15) is 28.6 Å². The number of aliphatic hydroxyl groups excluding tert-OH is 3. The summed E-state index contributed by atoms with van der Waals surface area (Å²) >= 11 is 0. The maximum absolute atomic E-state index is 12.0. The van der Waals surface area contributed by atoms with E-state index in [-0.39, 0.29) is 5.56 Å². The van der Waals surface area contributed by atoms with Crippen LogP contribution in [-0.2, 0) is 9.47 Å². The average Bonchev–Trinajstić information content (AvgIpc) is 2.73. The summed E-state index contributed by atoms with van der Waals surface area (Å²) in [6.07, 6.45) is -4.88. The highest BCUT2D eigenvalue weighted by Gasteiger charge is 2.44. The fourth-order valence-corrected chi connectivity index (χ4v) is 2.15. The topological polar surface area (TPSA) is 109 Å². The van der Waals surface area contributed by atoms with Gasteiger partial charge in [0.05, 0.1) is 12.4 Å². The Labute approximate surface area is 115 Å². The van der Waals surface area contributed by atoms with Gasteiger partial charge in [0.1, 0.15) is 29.6 Å². The number of rotatable bonds is 2. The quantitative estimate of drug-likeness (QED) is 0.514. The molecule has 1 saturated heterocycles. The van der Waals surface area contributed by atoms with Crippen LogP contribution in [-0.4, -0.2) is 52.0 Å². The van der Waals surface area contributed by atoms with Crippen molar-refractivity contribution in [3.05, 3.63) is 23.2 Å². The van der Waals surface area contributed by atoms with Crippen molar-refractivity contribution in [3.8, 4) is 0 Å². The van der Waals surface area contributed by atoms with Crippen molar-refractivity contribution in [2.24, 2.45) is 0 Å². The lowest BCUT2D eigenvalue weighted by Crippen LogP contribution is -2.57. The predicted molar refractivity (Wildman–Crippen MR) is 66.0 cm³/mol. The van der Waals surface area contributed by atoms with Gasteiger partial charge in [-0.25, -0.2) is 4.79 Å². The van der Waals surface area contributed by atoms with E-state index in [2.05, 4.69) is 0 Å². The van der Waals surface area contributed by atoms with E-state index in [0.29, 0.717) is 11.3 Å². The van der Waals surface area contributed by atoms with Crippen LogP contribution in [0, 0.1) is 13.8 Å². The van der Waals surface area contributed by atoms with E-state index in [1.54, 1.807) is 13.8 Å². The summed E-state index contributed by atoms with van der Waals surface area (Å²) in [6, 6.07) is 0. The molecule has 0 saturated carbocycles. The minimum atomic E-state index is -1.52. The SMILES string of the molecule is Cc1co[13c](C)c1[13C](=O)O[C@@H]1O[C@@H](C)[C@H](O)[C@@H](O)[C@H]1O. The fourth-order valence-electron chi connectivity index (χ4n) is 2.15. The Hall–Kier alpha value is -1.41. The Balaban J connectivity index is 2.12. The molecule has 0 radical (unpaired) electrons. The summed E-state index contributed by atoms with van der Waals surface area (Å²) in [6.45, 7) is 4.81. The van der Waals surface area contributed by atoms with Gasteiger partial charge >= 0.3 is 5.97 Å². The zero-order valence-electron chi connectivity index (χ0n) is 11.4. The van der Waals surface area contributed by atoms with Crippen molar-refractivity contribution in [2.75, 3.05) is 0 Å². The molecule has 1 aromatic heterocycles. The van der Waals surface area contributed by atoms with Crippen molar-refractivity contribution in [3.63, 3.8) is 0 Å². The van der Waals surface area contributed by atoms with Gasteiger partial charge in [-0.2, -0.15) is 0 Å². The van der Waals surface area contributed by atoms with Crippen LogP contribution in [0.2, 0.25) is 0 Å². The molecule has 1 aliphatic rings. The minimum absolute atomic E-state index is 0.258. The Morgan fingerprint density at radius 1 is 1.20 bits per heavy atom. The highest BCUT2D eigenvalue weighted by atomic mass is 16.8. The molecule has 7 nitrogen and oxygen atoms in total. The number of carbonyl (C=O) groups excluding carboxylic acids is 1. The molecule has 7 heteroatoms. The maximum atomic E-state index is 12.0. The summed E-state index contributed by atoms with van der Waals surface area (Å²) in [7, 11) is 0. The first-order valence-electron chi connectivity index (χ1n) is 6.28. The standard InChI is InChI=1S/C13H18O7/c1-5-4-18-6(2)8(5)12(17)20-13-11(16)10(15)9(14)7(3)19-13/h4,7,9-11,13-16H,1-3H3/t7-,9-,10+,11+,13-/m0/s1/i6+1,12+1. The third-order valence-electron chi connectivity index (χ3n) is 3.39. The van der Waals surface area contributed by atoms with Crippen LogP contribution in [0.15, 0.2) is 10.7 Å². The fraction of sp³-hybridized carbons (Fsp3) is 0.615. The molecule has 0 unspecified atom stereocenters. The largest absolute Gasteiger partial charge is 0.468 e. The lowest BCUT2D eigenvalue weighted by atomic mass is 10.0. The van der Waals surface area contributed by atoms with E-state index in [1.807, 2.05) is 0 Å². The molecule has 3 N–H and O–H groups in total. The number of carbonyl (C=O) groups is 1. The Morgan fingerprint density at radius 3 is 2.40 bits per heavy atom. The molecule has 2 rings (SSSR count). The van der Waals surface area contributed by atoms with E-state index in [9.17, 15) is 20.1 Å². The number of ether oxygens (including phenoxy) is 2. The number of esters is 1. The molecular weight excluding hydrogens is 270 g/mol. The van der Waals surface area contributed by atoms with Crippen LogP contribution in [0.4, 0.5) is 0 Å². The number of hydrogen-bond donors (Lipinski definition) is 3. The molecule has 1 aliphatic heterocycles. The Kier molecular flexibility index (Phi) is 4.14. The van der Waals surface area contributed by atoms with E-state index in [0.717, 1.165) is 0 Å². The molecule has 0 aromatic carbocycles. The molecule has 0 aliphatic carbocycles. The molecule has 0 amide bonds. The second-order valence-corrected chi connectivity index (χ2v) is 4.94. The zero-order chi connectivity index (χ0) is 15.0. The van der Waals surface area contributed by atoms with Crippen molar-refractivity contribution in [1.82, 2.24) is 0 Å². The van der Waals surface area contributed by atoms with Gasteiger partial charge in [0.15, 0.2) is 0 Å². The average molecular weight is 288 g/mol. The van der Waals surface area contributed by atoms with Crippen LogP contribution >= 0.6 is 0 Å². The molecule has 1 aromatic rings. The van der Waals surface area contributed by atoms with Crippen molar-refractivity contribution in [1.29, 1.82) is 0 Å². The van der Waals surface area contributed by atoms with Crippen molar-refractivity contribution in [2.45, 2.75) is 51.5 Å². The number of aryl methyl sites for hydroxylation is 2. The van der Waals surface area contributed by atoms with Crippen LogP contribution in [0.3, 0.4) is 0 Å². The third kappa shape index (κ3) is 2.57. The highest BCUT2D eigenvalue weighted by molar-refractivity contribution is 5.92. The zero-order valence-corrected chi connectivity index (χ0v) is 11.4. The molecule has 1 fully saturated rings. The summed E-state index contributed by atoms with van der Waals surface area (Å²) in [5, 5.41) is 29.0. The van der Waals surface area contributed by atoms with Gasteiger partial charge in [-0.05, 0) is 20.8 Å². The van der Waals surface area contributed by atoms with Gasteiger partial charge in [0.2, 0.25) is 6.29 Å². The summed E-state index contributed by atoms with van der Waals surface area (Å²) < 4.78 is 15.4. The second kappa shape index (κ2) is 5.53. The molecule has 0 spiro atoms. The van der Waals surface area contributed by atoms with Gasteiger partial charge in [0.25, 0.3) is 0 Å². The molecule has 5 atom stereocenters. The van der Waals surface area contributed by atoms with Crippen molar-refractivity contribution < 1.29 is 34.0 Å². The van der Waals surface area contributed by atoms with Crippen molar-refractivity contribution >= 4 is 5.97 Å². The Morgan fingerprint density at radius 2 is 1.85 bits per heavy atom. The highest BCUT2D eigenvalue weighted by Crippen LogP contribution is 2.24. The smallest absolute Gasteiger partial charge is 0.344 e.